The maximum atomic E-state index is 11.8. The Labute approximate surface area is 129 Å². The molecule has 0 bridgehead atoms. The molecule has 0 fully saturated rings. The molecule has 1 aromatic carbocycles. The van der Waals surface area contributed by atoms with Crippen molar-refractivity contribution in [2.24, 2.45) is 17.8 Å². The van der Waals surface area contributed by atoms with E-state index in [9.17, 15) is 9.90 Å². The highest BCUT2D eigenvalue weighted by atomic mass is 32.2. The topological polar surface area (TPSA) is 40.5 Å². The van der Waals surface area contributed by atoms with Gasteiger partial charge in [0.25, 0.3) is 0 Å². The minimum Gasteiger partial charge on any atom is -0.464 e. The first-order chi connectivity index (χ1) is 10.0. The van der Waals surface area contributed by atoms with Crippen LogP contribution in [0.15, 0.2) is 51.9 Å². The second-order valence-electron chi connectivity index (χ2n) is 5.93. The first-order valence-electron chi connectivity index (χ1n) is 7.23. The molecule has 3 rings (SSSR count). The van der Waals surface area contributed by atoms with Crippen molar-refractivity contribution in [2.75, 3.05) is 4.90 Å². The van der Waals surface area contributed by atoms with Crippen molar-refractivity contribution in [1.82, 2.24) is 0 Å². The Hall–Kier alpha value is -1.68. The average Bonchev–Trinajstić information content (AvgIpc) is 2.43. The monoisotopic (exact) mass is 301 g/mol. The predicted molar refractivity (Wildman–Crippen MR) is 86.5 cm³/mol. The van der Waals surface area contributed by atoms with Gasteiger partial charge in [0, 0.05) is 15.7 Å². The van der Waals surface area contributed by atoms with Crippen LogP contribution in [0.3, 0.4) is 0 Å². The number of carboxylic acid groups (broad SMARTS) is 1. The minimum absolute atomic E-state index is 0.366. The van der Waals surface area contributed by atoms with Gasteiger partial charge in [0.1, 0.15) is 0 Å². The minimum atomic E-state index is -0.919. The number of amides is 1. The number of allylic oxidation sites excluding steroid dienone is 3. The van der Waals surface area contributed by atoms with Gasteiger partial charge in [-0.25, -0.2) is 9.69 Å². The molecule has 0 radical (unpaired) electrons. The molecule has 1 N–H and O–H groups in total. The lowest BCUT2D eigenvalue weighted by Gasteiger charge is -2.38. The van der Waals surface area contributed by atoms with E-state index in [0.717, 1.165) is 16.3 Å². The van der Waals surface area contributed by atoms with E-state index in [1.54, 1.807) is 11.8 Å². The molecule has 1 aromatic rings. The van der Waals surface area contributed by atoms with E-state index in [-0.39, 0.29) is 0 Å². The second-order valence-corrected chi connectivity index (χ2v) is 7.01. The molecule has 0 spiro atoms. The summed E-state index contributed by atoms with van der Waals surface area (Å²) >= 11 is 1.73. The van der Waals surface area contributed by atoms with E-state index in [2.05, 4.69) is 26.8 Å². The van der Waals surface area contributed by atoms with Gasteiger partial charge < -0.3 is 5.11 Å². The van der Waals surface area contributed by atoms with Crippen LogP contribution in [0.4, 0.5) is 10.5 Å². The number of hydrogen-bond acceptors (Lipinski definition) is 2. The highest BCUT2D eigenvalue weighted by molar-refractivity contribution is 8.03. The third kappa shape index (κ3) is 2.27. The summed E-state index contributed by atoms with van der Waals surface area (Å²) in [7, 11) is 0. The number of anilines is 1. The molecule has 110 valence electrons. The van der Waals surface area contributed by atoms with Gasteiger partial charge in [0.2, 0.25) is 0 Å². The Balaban J connectivity index is 2.17. The van der Waals surface area contributed by atoms with Crippen LogP contribution >= 0.6 is 11.8 Å². The zero-order chi connectivity index (χ0) is 15.1. The number of nitrogens with zero attached hydrogens (tertiary/aromatic N) is 1. The van der Waals surface area contributed by atoms with E-state index >= 15 is 0 Å². The molecule has 2 unspecified atom stereocenters. The molecule has 1 heterocycles. The molecular weight excluding hydrogens is 282 g/mol. The molecule has 4 heteroatoms. The van der Waals surface area contributed by atoms with Gasteiger partial charge in [-0.15, -0.1) is 0 Å². The van der Waals surface area contributed by atoms with Crippen LogP contribution in [0.5, 0.6) is 0 Å². The maximum Gasteiger partial charge on any atom is 0.416 e. The maximum absolute atomic E-state index is 11.8. The van der Waals surface area contributed by atoms with Crippen LogP contribution in [0.2, 0.25) is 0 Å². The summed E-state index contributed by atoms with van der Waals surface area (Å²) in [5, 5.41) is 9.66. The first-order valence-corrected chi connectivity index (χ1v) is 8.04. The summed E-state index contributed by atoms with van der Waals surface area (Å²) in [6, 6.07) is 7.72. The molecule has 1 amide bonds. The van der Waals surface area contributed by atoms with Gasteiger partial charge in [-0.1, -0.05) is 50.7 Å². The smallest absolute Gasteiger partial charge is 0.416 e. The zero-order valence-corrected chi connectivity index (χ0v) is 13.2. The van der Waals surface area contributed by atoms with Gasteiger partial charge in [-0.05, 0) is 30.0 Å². The van der Waals surface area contributed by atoms with E-state index < -0.39 is 6.09 Å². The molecule has 1 aliphatic carbocycles. The number of thioether (sulfide) groups is 1. The summed E-state index contributed by atoms with van der Waals surface area (Å²) < 4.78 is 0. The van der Waals surface area contributed by atoms with Crippen LogP contribution in [0, 0.1) is 17.8 Å². The summed E-state index contributed by atoms with van der Waals surface area (Å²) in [5.41, 5.74) is 1.58. The van der Waals surface area contributed by atoms with Gasteiger partial charge in [-0.2, -0.15) is 0 Å². The molecular formula is C17H19NO2S. The lowest BCUT2D eigenvalue weighted by atomic mass is 9.80. The number of fused-ring (bicyclic) bond motifs is 1. The largest absolute Gasteiger partial charge is 0.464 e. The van der Waals surface area contributed by atoms with Crippen molar-refractivity contribution >= 4 is 23.5 Å². The third-order valence-electron chi connectivity index (χ3n) is 4.16. The predicted octanol–water partition coefficient (Wildman–Crippen LogP) is 4.97. The Kier molecular flexibility index (Phi) is 3.57. The molecule has 2 aliphatic rings. The summed E-state index contributed by atoms with van der Waals surface area (Å²) in [5.74, 6) is 1.27. The number of benzene rings is 1. The van der Waals surface area contributed by atoms with Crippen LogP contribution in [0.1, 0.15) is 20.8 Å². The Morgan fingerprint density at radius 2 is 2.05 bits per heavy atom. The van der Waals surface area contributed by atoms with Crippen molar-refractivity contribution in [1.29, 1.82) is 0 Å². The highest BCUT2D eigenvalue weighted by Gasteiger charge is 2.37. The summed E-state index contributed by atoms with van der Waals surface area (Å²) in [4.78, 5) is 15.4. The van der Waals surface area contributed by atoms with E-state index in [4.69, 9.17) is 0 Å². The number of carbonyl (C=O) groups is 1. The Morgan fingerprint density at radius 1 is 1.33 bits per heavy atom. The second kappa shape index (κ2) is 5.26. The number of rotatable bonds is 1. The van der Waals surface area contributed by atoms with Crippen molar-refractivity contribution < 1.29 is 9.90 Å². The first kappa shape index (κ1) is 14.3. The molecule has 0 saturated carbocycles. The lowest BCUT2D eigenvalue weighted by Crippen LogP contribution is -2.35. The van der Waals surface area contributed by atoms with Crippen molar-refractivity contribution in [3.05, 3.63) is 47.0 Å². The van der Waals surface area contributed by atoms with Gasteiger partial charge in [-0.3, -0.25) is 0 Å². The van der Waals surface area contributed by atoms with Crippen molar-refractivity contribution in [3.8, 4) is 0 Å². The van der Waals surface area contributed by atoms with Crippen LogP contribution in [-0.4, -0.2) is 11.2 Å². The van der Waals surface area contributed by atoms with Crippen LogP contribution in [0.25, 0.3) is 0 Å². The Bertz CT molecular complexity index is 648. The third-order valence-corrected chi connectivity index (χ3v) is 5.42. The zero-order valence-electron chi connectivity index (χ0n) is 12.4. The average molecular weight is 301 g/mol. The van der Waals surface area contributed by atoms with E-state index in [1.807, 2.05) is 30.3 Å². The normalized spacial score (nSPS) is 24.1. The lowest BCUT2D eigenvalue weighted by molar-refractivity contribution is 0.203. The van der Waals surface area contributed by atoms with Crippen molar-refractivity contribution in [3.63, 3.8) is 0 Å². The standard InChI is InChI=1S/C17H19NO2S/c1-10(2)15-11(3)8-9-13-16(15)21-14-7-5-4-6-12(14)18(13)17(19)20/h4-11,15H,1-3H3,(H,19,20). The fourth-order valence-corrected chi connectivity index (χ4v) is 4.79. The molecule has 21 heavy (non-hydrogen) atoms. The molecule has 1 aliphatic heterocycles. The van der Waals surface area contributed by atoms with Gasteiger partial charge >= 0.3 is 6.09 Å². The quantitative estimate of drug-likeness (QED) is 0.796. The molecule has 0 aromatic heterocycles. The Morgan fingerprint density at radius 3 is 2.71 bits per heavy atom. The van der Waals surface area contributed by atoms with E-state index in [1.165, 1.54) is 9.81 Å². The van der Waals surface area contributed by atoms with Crippen molar-refractivity contribution in [2.45, 2.75) is 25.7 Å². The van der Waals surface area contributed by atoms with Crippen LogP contribution in [-0.2, 0) is 0 Å². The fraction of sp³-hybridized carbons (Fsp3) is 0.353. The number of para-hydroxylation sites is 1. The molecule has 0 saturated heterocycles. The fourth-order valence-electron chi connectivity index (χ4n) is 3.25. The molecule has 2 atom stereocenters. The summed E-state index contributed by atoms with van der Waals surface area (Å²) in [6.07, 6.45) is 3.18. The number of hydrogen-bond donors (Lipinski definition) is 1. The SMILES string of the molecule is CC(C)C1C2=C(C=CC1C)N(C(=O)O)c1ccccc1S2. The summed E-state index contributed by atoms with van der Waals surface area (Å²) in [6.45, 7) is 6.62. The van der Waals surface area contributed by atoms with Gasteiger partial charge in [0.15, 0.2) is 0 Å². The van der Waals surface area contributed by atoms with E-state index in [0.29, 0.717) is 17.8 Å². The van der Waals surface area contributed by atoms with Crippen LogP contribution < -0.4 is 4.90 Å². The molecule has 3 nitrogen and oxygen atoms in total. The van der Waals surface area contributed by atoms with Gasteiger partial charge in [0.05, 0.1) is 11.4 Å². The highest BCUT2D eigenvalue weighted by Crippen LogP contribution is 2.51.